The number of carbonyl (C=O) groups excluding carboxylic acids is 1. The molecule has 0 spiro atoms. The van der Waals surface area contributed by atoms with E-state index in [-0.39, 0.29) is 25.4 Å². The van der Waals surface area contributed by atoms with Gasteiger partial charge in [-0.1, -0.05) is 6.58 Å². The highest BCUT2D eigenvalue weighted by molar-refractivity contribution is 7.45. The second-order valence-corrected chi connectivity index (χ2v) is 4.03. The van der Waals surface area contributed by atoms with Gasteiger partial charge < -0.3 is 18.7 Å². The quantitative estimate of drug-likeness (QED) is 0.279. The van der Waals surface area contributed by atoms with Crippen LogP contribution in [0.2, 0.25) is 0 Å². The normalized spacial score (nSPS) is 14.3. The molecule has 0 saturated carbocycles. The molecule has 0 aromatic rings. The fourth-order valence-electron chi connectivity index (χ4n) is 0.602. The van der Waals surface area contributed by atoms with Crippen LogP contribution in [0.3, 0.4) is 0 Å². The number of ether oxygens (including phenoxy) is 1. The fraction of sp³-hybridized carbons (Fsp3) is 0.625. The summed E-state index contributed by atoms with van der Waals surface area (Å²) in [5.41, 5.74) is 0.241. The molecule has 0 radical (unpaired) electrons. The molecule has 0 aromatic carbocycles. The predicted molar refractivity (Wildman–Crippen MR) is 51.0 cm³/mol. The molecule has 1 unspecified atom stereocenters. The Morgan fingerprint density at radius 2 is 2.00 bits per heavy atom. The topological polar surface area (TPSA) is 84.9 Å². The van der Waals surface area contributed by atoms with Gasteiger partial charge in [0.15, 0.2) is 0 Å². The number of esters is 1. The maximum Gasteiger partial charge on any atom is 0.333 e. The molecular weight excluding hydrogens is 223 g/mol. The first-order valence-corrected chi connectivity index (χ1v) is 5.78. The molecule has 0 N–H and O–H groups in total. The minimum atomic E-state index is -4.24. The molecule has 0 saturated heterocycles. The van der Waals surface area contributed by atoms with Gasteiger partial charge in [-0.15, -0.1) is 0 Å². The number of hydrogen-bond acceptors (Lipinski definition) is 6. The van der Waals surface area contributed by atoms with E-state index in [0.29, 0.717) is 0 Å². The highest BCUT2D eigenvalue weighted by Gasteiger charge is 2.08. The van der Waals surface area contributed by atoms with Crippen LogP contribution in [0.4, 0.5) is 0 Å². The van der Waals surface area contributed by atoms with E-state index >= 15 is 0 Å². The number of hydrogen-bond donors (Lipinski definition) is 0. The van der Waals surface area contributed by atoms with Gasteiger partial charge in [-0.05, 0) is 13.8 Å². The first kappa shape index (κ1) is 14.3. The SMILES string of the molecule is C=C(C)C(=O)OCCOP(=O)([O-])OCC. The lowest BCUT2D eigenvalue weighted by Crippen LogP contribution is -2.14. The van der Waals surface area contributed by atoms with Crippen molar-refractivity contribution in [2.45, 2.75) is 13.8 Å². The van der Waals surface area contributed by atoms with E-state index in [1.807, 2.05) is 0 Å². The van der Waals surface area contributed by atoms with Crippen molar-refractivity contribution in [2.24, 2.45) is 0 Å². The summed E-state index contributed by atoms with van der Waals surface area (Å²) in [5.74, 6) is -0.587. The maximum atomic E-state index is 10.8. The highest BCUT2D eigenvalue weighted by Crippen LogP contribution is 2.37. The van der Waals surface area contributed by atoms with Crippen LogP contribution < -0.4 is 4.89 Å². The van der Waals surface area contributed by atoms with Gasteiger partial charge in [0.1, 0.15) is 6.61 Å². The van der Waals surface area contributed by atoms with Gasteiger partial charge >= 0.3 is 5.97 Å². The molecule has 7 heteroatoms. The zero-order valence-corrected chi connectivity index (χ0v) is 9.62. The van der Waals surface area contributed by atoms with Gasteiger partial charge in [-0.3, -0.25) is 4.57 Å². The van der Waals surface area contributed by atoms with Crippen LogP contribution >= 0.6 is 7.82 Å². The van der Waals surface area contributed by atoms with Crippen molar-refractivity contribution in [2.75, 3.05) is 19.8 Å². The van der Waals surface area contributed by atoms with E-state index in [0.717, 1.165) is 0 Å². The van der Waals surface area contributed by atoms with Gasteiger partial charge in [0.25, 0.3) is 7.82 Å². The Balaban J connectivity index is 3.67. The average Bonchev–Trinajstić information content (AvgIpc) is 2.11. The second kappa shape index (κ2) is 6.74. The lowest BCUT2D eigenvalue weighted by molar-refractivity contribution is -0.225. The molecule has 0 fully saturated rings. The molecule has 0 amide bonds. The summed E-state index contributed by atoms with van der Waals surface area (Å²) in [6.07, 6.45) is 0. The van der Waals surface area contributed by atoms with E-state index in [2.05, 4.69) is 20.4 Å². The summed E-state index contributed by atoms with van der Waals surface area (Å²) in [6, 6.07) is 0. The molecule has 0 rings (SSSR count). The number of rotatable bonds is 7. The number of phosphoric ester groups is 1. The maximum absolute atomic E-state index is 10.8. The van der Waals surface area contributed by atoms with Crippen molar-refractivity contribution in [3.05, 3.63) is 12.2 Å². The second-order valence-electron chi connectivity index (χ2n) is 2.61. The van der Waals surface area contributed by atoms with Gasteiger partial charge in [-0.25, -0.2) is 4.79 Å². The molecule has 0 bridgehead atoms. The van der Waals surface area contributed by atoms with Crippen molar-refractivity contribution >= 4 is 13.8 Å². The Morgan fingerprint density at radius 3 is 2.47 bits per heavy atom. The summed E-state index contributed by atoms with van der Waals surface area (Å²) in [5, 5.41) is 0. The first-order valence-electron chi connectivity index (χ1n) is 4.32. The van der Waals surface area contributed by atoms with Gasteiger partial charge in [0.2, 0.25) is 0 Å². The lowest BCUT2D eigenvalue weighted by atomic mass is 10.4. The van der Waals surface area contributed by atoms with Crippen molar-refractivity contribution in [3.8, 4) is 0 Å². The molecule has 0 aliphatic heterocycles. The third-order valence-electron chi connectivity index (χ3n) is 1.20. The van der Waals surface area contributed by atoms with Crippen LogP contribution in [-0.4, -0.2) is 25.8 Å². The van der Waals surface area contributed by atoms with E-state index in [9.17, 15) is 14.3 Å². The van der Waals surface area contributed by atoms with E-state index in [4.69, 9.17) is 0 Å². The van der Waals surface area contributed by atoms with Crippen LogP contribution in [0.1, 0.15) is 13.8 Å². The summed E-state index contributed by atoms with van der Waals surface area (Å²) in [4.78, 5) is 21.7. The van der Waals surface area contributed by atoms with Crippen molar-refractivity contribution < 1.29 is 28.0 Å². The molecule has 0 aromatic heterocycles. The van der Waals surface area contributed by atoms with Crippen LogP contribution in [0.5, 0.6) is 0 Å². The minimum Gasteiger partial charge on any atom is -0.756 e. The third kappa shape index (κ3) is 7.27. The molecule has 0 aliphatic rings. The van der Waals surface area contributed by atoms with Gasteiger partial charge in [0.05, 0.1) is 13.2 Å². The molecule has 6 nitrogen and oxygen atoms in total. The zero-order valence-electron chi connectivity index (χ0n) is 8.73. The molecule has 0 aliphatic carbocycles. The largest absolute Gasteiger partial charge is 0.756 e. The monoisotopic (exact) mass is 237 g/mol. The van der Waals surface area contributed by atoms with Crippen molar-refractivity contribution in [1.82, 2.24) is 0 Å². The minimum absolute atomic E-state index is 0.00628. The Morgan fingerprint density at radius 1 is 1.40 bits per heavy atom. The van der Waals surface area contributed by atoms with Crippen molar-refractivity contribution in [1.29, 1.82) is 0 Å². The van der Waals surface area contributed by atoms with Crippen LogP contribution in [0.25, 0.3) is 0 Å². The van der Waals surface area contributed by atoms with Gasteiger partial charge in [0, 0.05) is 5.57 Å². The van der Waals surface area contributed by atoms with Gasteiger partial charge in [-0.2, -0.15) is 0 Å². The molecule has 15 heavy (non-hydrogen) atoms. The Bertz CT molecular complexity index is 274. The predicted octanol–water partition coefficient (Wildman–Crippen LogP) is 0.627. The third-order valence-corrected chi connectivity index (χ3v) is 2.27. The zero-order chi connectivity index (χ0) is 11.9. The average molecular weight is 237 g/mol. The smallest absolute Gasteiger partial charge is 0.333 e. The number of phosphoric acid groups is 1. The number of carbonyl (C=O) groups is 1. The summed E-state index contributed by atoms with van der Waals surface area (Å²) in [6.45, 7) is 5.95. The van der Waals surface area contributed by atoms with E-state index in [1.165, 1.54) is 13.8 Å². The molecule has 1 atom stereocenters. The standard InChI is InChI=1S/C8H15O6P/c1-4-13-15(10,11)14-6-5-12-8(9)7(2)3/h2,4-6H2,1,3H3,(H,10,11)/p-1. The Kier molecular flexibility index (Phi) is 6.43. The molecule has 88 valence electrons. The molecule has 0 heterocycles. The molecular formula is C8H14O6P-. The van der Waals surface area contributed by atoms with E-state index < -0.39 is 13.8 Å². The summed E-state index contributed by atoms with van der Waals surface area (Å²) < 4.78 is 24.1. The van der Waals surface area contributed by atoms with Crippen LogP contribution in [0.15, 0.2) is 12.2 Å². The van der Waals surface area contributed by atoms with E-state index in [1.54, 1.807) is 0 Å². The fourth-order valence-corrected chi connectivity index (χ4v) is 1.29. The Labute approximate surface area is 88.5 Å². The van der Waals surface area contributed by atoms with Crippen molar-refractivity contribution in [3.63, 3.8) is 0 Å². The van der Waals surface area contributed by atoms with Crippen LogP contribution in [0, 0.1) is 0 Å². The summed E-state index contributed by atoms with van der Waals surface area (Å²) >= 11 is 0. The Hall–Kier alpha value is -0.680. The highest BCUT2D eigenvalue weighted by atomic mass is 31.2. The summed E-state index contributed by atoms with van der Waals surface area (Å²) in [7, 11) is -4.24. The van der Waals surface area contributed by atoms with Crippen LogP contribution in [-0.2, 0) is 23.1 Å². The lowest BCUT2D eigenvalue weighted by Gasteiger charge is -2.21. The first-order chi connectivity index (χ1) is 6.89.